The Kier molecular flexibility index (Phi) is 3.49. The Balaban J connectivity index is 2.21. The lowest BCUT2D eigenvalue weighted by Gasteiger charge is -1.95. The van der Waals surface area contributed by atoms with Crippen molar-refractivity contribution in [2.45, 2.75) is 13.3 Å². The molecule has 2 aromatic heterocycles. The van der Waals surface area contributed by atoms with Crippen molar-refractivity contribution in [1.82, 2.24) is 9.97 Å². The van der Waals surface area contributed by atoms with Gasteiger partial charge in [-0.3, -0.25) is 4.98 Å². The van der Waals surface area contributed by atoms with Crippen LogP contribution in [-0.4, -0.2) is 23.0 Å². The number of thiazole rings is 1. The number of carbonyl (C=O) groups is 1. The fourth-order valence-corrected chi connectivity index (χ4v) is 2.45. The summed E-state index contributed by atoms with van der Waals surface area (Å²) in [5.41, 5.74) is 1.49. The summed E-state index contributed by atoms with van der Waals surface area (Å²) in [6.07, 6.45) is 4.22. The minimum atomic E-state index is -0.379. The molecule has 0 N–H and O–H groups in total. The van der Waals surface area contributed by atoms with E-state index >= 15 is 0 Å². The second-order valence-electron chi connectivity index (χ2n) is 3.54. The zero-order valence-corrected chi connectivity index (χ0v) is 10.5. The quantitative estimate of drug-likeness (QED) is 0.781. The smallest absolute Gasteiger partial charge is 0.357 e. The molecule has 0 radical (unpaired) electrons. The highest BCUT2D eigenvalue weighted by Gasteiger charge is 2.15. The van der Waals surface area contributed by atoms with Crippen molar-refractivity contribution in [3.8, 4) is 0 Å². The van der Waals surface area contributed by atoms with Crippen molar-refractivity contribution in [2.75, 3.05) is 7.11 Å². The molecular formula is C12H12N2O2S. The van der Waals surface area contributed by atoms with Crippen LogP contribution in [0.1, 0.15) is 25.9 Å². The lowest BCUT2D eigenvalue weighted by atomic mass is 10.2. The van der Waals surface area contributed by atoms with Crippen molar-refractivity contribution in [3.05, 3.63) is 45.7 Å². The number of nitrogens with zero attached hydrogens (tertiary/aromatic N) is 2. The Morgan fingerprint density at radius 1 is 1.53 bits per heavy atom. The molecule has 0 saturated heterocycles. The topological polar surface area (TPSA) is 52.1 Å². The SMILES string of the molecule is COC(=O)c1nc(Cc2cccnc2)sc1C. The normalized spacial score (nSPS) is 10.2. The van der Waals surface area contributed by atoms with Gasteiger partial charge in [0.1, 0.15) is 0 Å². The third-order valence-electron chi connectivity index (χ3n) is 2.30. The molecule has 0 aliphatic rings. The molecule has 2 aromatic rings. The Labute approximate surface area is 103 Å². The summed E-state index contributed by atoms with van der Waals surface area (Å²) >= 11 is 1.51. The van der Waals surface area contributed by atoms with Crippen molar-refractivity contribution in [1.29, 1.82) is 0 Å². The van der Waals surface area contributed by atoms with E-state index in [2.05, 4.69) is 14.7 Å². The number of pyridine rings is 1. The van der Waals surface area contributed by atoms with E-state index < -0.39 is 0 Å². The van der Waals surface area contributed by atoms with Crippen LogP contribution in [0.25, 0.3) is 0 Å². The monoisotopic (exact) mass is 248 g/mol. The third-order valence-corrected chi connectivity index (χ3v) is 3.27. The molecule has 0 aliphatic carbocycles. The molecular weight excluding hydrogens is 236 g/mol. The van der Waals surface area contributed by atoms with Gasteiger partial charge >= 0.3 is 5.97 Å². The molecule has 0 fully saturated rings. The predicted octanol–water partition coefficient (Wildman–Crippen LogP) is 2.22. The number of ether oxygens (including phenoxy) is 1. The number of methoxy groups -OCH3 is 1. The second-order valence-corrected chi connectivity index (χ2v) is 4.83. The Morgan fingerprint density at radius 3 is 3.00 bits per heavy atom. The lowest BCUT2D eigenvalue weighted by molar-refractivity contribution is 0.0594. The third kappa shape index (κ3) is 2.68. The van der Waals surface area contributed by atoms with E-state index in [1.807, 2.05) is 19.1 Å². The van der Waals surface area contributed by atoms with Crippen LogP contribution in [0.15, 0.2) is 24.5 Å². The van der Waals surface area contributed by atoms with Crippen LogP contribution in [0.3, 0.4) is 0 Å². The molecule has 0 saturated carbocycles. The first-order chi connectivity index (χ1) is 8.20. The number of carbonyl (C=O) groups excluding carboxylic acids is 1. The summed E-state index contributed by atoms with van der Waals surface area (Å²) in [6, 6.07) is 3.87. The van der Waals surface area contributed by atoms with Crippen LogP contribution in [-0.2, 0) is 11.2 Å². The summed E-state index contributed by atoms with van der Waals surface area (Å²) in [5, 5.41) is 0.899. The summed E-state index contributed by atoms with van der Waals surface area (Å²) in [6.45, 7) is 1.87. The fraction of sp³-hybridized carbons (Fsp3) is 0.250. The highest BCUT2D eigenvalue weighted by molar-refractivity contribution is 7.11. The van der Waals surface area contributed by atoms with Gasteiger partial charge in [0.05, 0.1) is 12.1 Å². The molecule has 0 unspecified atom stereocenters. The van der Waals surface area contributed by atoms with Crippen molar-refractivity contribution in [3.63, 3.8) is 0 Å². The van der Waals surface area contributed by atoms with Gasteiger partial charge < -0.3 is 4.74 Å². The summed E-state index contributed by atoms with van der Waals surface area (Å²) in [7, 11) is 1.36. The first-order valence-electron chi connectivity index (χ1n) is 5.14. The van der Waals surface area contributed by atoms with E-state index in [4.69, 9.17) is 0 Å². The van der Waals surface area contributed by atoms with E-state index in [-0.39, 0.29) is 5.97 Å². The van der Waals surface area contributed by atoms with Crippen molar-refractivity contribution < 1.29 is 9.53 Å². The lowest BCUT2D eigenvalue weighted by Crippen LogP contribution is -2.03. The van der Waals surface area contributed by atoms with Crippen molar-refractivity contribution >= 4 is 17.3 Å². The first kappa shape index (κ1) is 11.7. The molecule has 0 aromatic carbocycles. The fourth-order valence-electron chi connectivity index (χ4n) is 1.49. The van der Waals surface area contributed by atoms with Crippen molar-refractivity contribution in [2.24, 2.45) is 0 Å². The van der Waals surface area contributed by atoms with Gasteiger partial charge in [0, 0.05) is 23.7 Å². The molecule has 2 rings (SSSR count). The number of hydrogen-bond donors (Lipinski definition) is 0. The van der Waals surface area contributed by atoms with E-state index in [1.165, 1.54) is 18.4 Å². The average molecular weight is 248 g/mol. The molecule has 0 aliphatic heterocycles. The molecule has 0 bridgehead atoms. The van der Waals surface area contributed by atoms with Crippen LogP contribution in [0.2, 0.25) is 0 Å². The Bertz CT molecular complexity index is 523. The maximum atomic E-state index is 11.4. The maximum Gasteiger partial charge on any atom is 0.357 e. The molecule has 0 amide bonds. The van der Waals surface area contributed by atoms with Gasteiger partial charge in [-0.2, -0.15) is 0 Å². The zero-order valence-electron chi connectivity index (χ0n) is 9.64. The van der Waals surface area contributed by atoms with Gasteiger partial charge in [-0.05, 0) is 18.6 Å². The Hall–Kier alpha value is -1.75. The average Bonchev–Trinajstić information content (AvgIpc) is 2.70. The number of hydrogen-bond acceptors (Lipinski definition) is 5. The summed E-state index contributed by atoms with van der Waals surface area (Å²) < 4.78 is 4.67. The number of aromatic nitrogens is 2. The van der Waals surface area contributed by atoms with E-state index in [0.29, 0.717) is 12.1 Å². The number of esters is 1. The van der Waals surface area contributed by atoms with Gasteiger partial charge in [-0.25, -0.2) is 9.78 Å². The minimum Gasteiger partial charge on any atom is -0.464 e. The van der Waals surface area contributed by atoms with Gasteiger partial charge in [-0.1, -0.05) is 6.07 Å². The van der Waals surface area contributed by atoms with Crippen LogP contribution < -0.4 is 0 Å². The molecule has 4 nitrogen and oxygen atoms in total. The number of aryl methyl sites for hydroxylation is 1. The Morgan fingerprint density at radius 2 is 2.35 bits per heavy atom. The highest BCUT2D eigenvalue weighted by atomic mass is 32.1. The van der Waals surface area contributed by atoms with E-state index in [1.54, 1.807) is 12.4 Å². The molecule has 5 heteroatoms. The van der Waals surface area contributed by atoms with Gasteiger partial charge in [0.2, 0.25) is 0 Å². The molecule has 0 spiro atoms. The largest absolute Gasteiger partial charge is 0.464 e. The maximum absolute atomic E-state index is 11.4. The highest BCUT2D eigenvalue weighted by Crippen LogP contribution is 2.20. The zero-order chi connectivity index (χ0) is 12.3. The van der Waals surface area contributed by atoms with E-state index in [0.717, 1.165) is 15.4 Å². The van der Waals surface area contributed by atoms with E-state index in [9.17, 15) is 4.79 Å². The summed E-state index contributed by atoms with van der Waals surface area (Å²) in [4.78, 5) is 20.6. The first-order valence-corrected chi connectivity index (χ1v) is 5.96. The molecule has 2 heterocycles. The van der Waals surface area contributed by atoms with Gasteiger partial charge in [-0.15, -0.1) is 11.3 Å². The predicted molar refractivity (Wildman–Crippen MR) is 65.2 cm³/mol. The van der Waals surface area contributed by atoms with Gasteiger partial charge in [0.15, 0.2) is 5.69 Å². The molecule has 0 atom stereocenters. The molecule has 17 heavy (non-hydrogen) atoms. The van der Waals surface area contributed by atoms with Gasteiger partial charge in [0.25, 0.3) is 0 Å². The van der Waals surface area contributed by atoms with Crippen LogP contribution in [0.4, 0.5) is 0 Å². The molecule has 88 valence electrons. The van der Waals surface area contributed by atoms with Crippen LogP contribution in [0.5, 0.6) is 0 Å². The van der Waals surface area contributed by atoms with Crippen LogP contribution >= 0.6 is 11.3 Å². The number of rotatable bonds is 3. The minimum absolute atomic E-state index is 0.379. The second kappa shape index (κ2) is 5.05. The summed E-state index contributed by atoms with van der Waals surface area (Å²) in [5.74, 6) is -0.379. The van der Waals surface area contributed by atoms with Crippen LogP contribution in [0, 0.1) is 6.92 Å². The standard InChI is InChI=1S/C12H12N2O2S/c1-8-11(12(15)16-2)14-10(17-8)6-9-4-3-5-13-7-9/h3-5,7H,6H2,1-2H3.